The number of benzene rings is 8. The van der Waals surface area contributed by atoms with E-state index in [0.717, 1.165) is 22.7 Å². The average Bonchev–Trinajstić information content (AvgIpc) is 3.51. The van der Waals surface area contributed by atoms with Gasteiger partial charge in [0.15, 0.2) is 0 Å². The van der Waals surface area contributed by atoms with Crippen LogP contribution in [0.25, 0.3) is 22.3 Å². The molecule has 0 unspecified atom stereocenters. The first-order valence-corrected chi connectivity index (χ1v) is 17.6. The maximum absolute atomic E-state index is 2.44. The Balaban J connectivity index is 1.22. The van der Waals surface area contributed by atoms with Crippen LogP contribution in [0.3, 0.4) is 0 Å². The lowest BCUT2D eigenvalue weighted by molar-refractivity contribution is 0.754. The summed E-state index contributed by atoms with van der Waals surface area (Å²) in [7, 11) is 0. The van der Waals surface area contributed by atoms with Gasteiger partial charge >= 0.3 is 0 Å². The van der Waals surface area contributed by atoms with Crippen LogP contribution in [-0.2, 0) is 5.41 Å². The minimum atomic E-state index is -0.514. The largest absolute Gasteiger partial charge is 0.311 e. The molecule has 0 saturated carbocycles. The van der Waals surface area contributed by atoms with E-state index in [4.69, 9.17) is 0 Å². The molecule has 8 aromatic carbocycles. The number of anilines is 6. The van der Waals surface area contributed by atoms with Crippen molar-refractivity contribution in [2.24, 2.45) is 0 Å². The predicted molar refractivity (Wildman–Crippen MR) is 212 cm³/mol. The highest BCUT2D eigenvalue weighted by molar-refractivity contribution is 5.99. The zero-order chi connectivity index (χ0) is 33.8. The highest BCUT2D eigenvalue weighted by Gasteiger charge is 2.52. The number of nitrogens with zero attached hydrogens (tertiary/aromatic N) is 2. The fourth-order valence-electron chi connectivity index (χ4n) is 8.65. The molecule has 240 valence electrons. The van der Waals surface area contributed by atoms with Gasteiger partial charge in [-0.05, 0) is 105 Å². The lowest BCUT2D eigenvalue weighted by atomic mass is 9.63. The van der Waals surface area contributed by atoms with E-state index < -0.39 is 5.41 Å². The van der Waals surface area contributed by atoms with E-state index >= 15 is 0 Å². The highest BCUT2D eigenvalue weighted by Crippen LogP contribution is 2.64. The molecule has 0 saturated heterocycles. The second-order valence-corrected chi connectivity index (χ2v) is 13.3. The zero-order valence-corrected chi connectivity index (χ0v) is 28.0. The van der Waals surface area contributed by atoms with Crippen LogP contribution in [0.15, 0.2) is 206 Å². The quantitative estimate of drug-likeness (QED) is 0.183. The van der Waals surface area contributed by atoms with Crippen LogP contribution in [0, 0.1) is 0 Å². The van der Waals surface area contributed by atoms with Gasteiger partial charge in [0.2, 0.25) is 0 Å². The fourth-order valence-corrected chi connectivity index (χ4v) is 8.65. The summed E-state index contributed by atoms with van der Waals surface area (Å²) in [6.45, 7) is 0. The highest BCUT2D eigenvalue weighted by atomic mass is 15.2. The first kappa shape index (κ1) is 29.3. The molecule has 1 heterocycles. The number of para-hydroxylation sites is 5. The first-order valence-electron chi connectivity index (χ1n) is 17.6. The Labute approximate surface area is 299 Å². The summed E-state index contributed by atoms with van der Waals surface area (Å²) in [6.07, 6.45) is 0. The van der Waals surface area contributed by atoms with E-state index in [1.165, 1.54) is 55.9 Å². The lowest BCUT2D eigenvalue weighted by Crippen LogP contribution is -2.36. The number of hydrogen-bond acceptors (Lipinski definition) is 2. The summed E-state index contributed by atoms with van der Waals surface area (Å²) >= 11 is 0. The van der Waals surface area contributed by atoms with Gasteiger partial charge in [-0.1, -0.05) is 146 Å². The monoisotopic (exact) mass is 650 g/mol. The SMILES string of the molecule is c1ccc(N(c2ccccc2)c2ccc(-c3cccc4c3C3(c5ccccc5-4)c4ccccc4N(c4ccccc4)c4ccccc43)cc2)cc1. The van der Waals surface area contributed by atoms with Crippen LogP contribution in [0.4, 0.5) is 34.1 Å². The van der Waals surface area contributed by atoms with Crippen molar-refractivity contribution in [1.82, 2.24) is 0 Å². The van der Waals surface area contributed by atoms with Crippen LogP contribution >= 0.6 is 0 Å². The van der Waals surface area contributed by atoms with E-state index in [1.807, 2.05) is 0 Å². The van der Waals surface area contributed by atoms with Gasteiger partial charge in [-0.25, -0.2) is 0 Å². The summed E-state index contributed by atoms with van der Waals surface area (Å²) in [5.74, 6) is 0. The van der Waals surface area contributed by atoms with Crippen LogP contribution in [-0.4, -0.2) is 0 Å². The standard InChI is InChI=1S/C49H34N2/c1-4-17-36(18-5-1)50(37-19-6-2-7-20-37)39-33-31-35(32-34-39)40-24-16-25-42-41-23-10-11-26-43(41)49(48(40)42)44-27-12-14-29-46(44)51(38-21-8-3-9-22-38)47-30-15-13-28-45(47)49/h1-34H. The maximum Gasteiger partial charge on any atom is 0.0760 e. The molecule has 0 bridgehead atoms. The fraction of sp³-hybridized carbons (Fsp3) is 0.0204. The second-order valence-electron chi connectivity index (χ2n) is 13.3. The smallest absolute Gasteiger partial charge is 0.0760 e. The van der Waals surface area contributed by atoms with Gasteiger partial charge in [-0.3, -0.25) is 0 Å². The molecule has 1 spiro atoms. The second kappa shape index (κ2) is 11.8. The first-order chi connectivity index (χ1) is 25.3. The third-order valence-corrected chi connectivity index (χ3v) is 10.6. The molecular formula is C49H34N2. The van der Waals surface area contributed by atoms with Crippen molar-refractivity contribution in [3.63, 3.8) is 0 Å². The van der Waals surface area contributed by atoms with Crippen molar-refractivity contribution >= 4 is 34.1 Å². The van der Waals surface area contributed by atoms with Crippen LogP contribution < -0.4 is 9.80 Å². The van der Waals surface area contributed by atoms with Gasteiger partial charge in [0.25, 0.3) is 0 Å². The summed E-state index contributed by atoms with van der Waals surface area (Å²) in [5, 5.41) is 0. The maximum atomic E-state index is 2.44. The van der Waals surface area contributed by atoms with Crippen LogP contribution in [0.2, 0.25) is 0 Å². The van der Waals surface area contributed by atoms with Crippen molar-refractivity contribution in [3.05, 3.63) is 229 Å². The lowest BCUT2D eigenvalue weighted by Gasteiger charge is -2.45. The number of rotatable bonds is 5. The third-order valence-electron chi connectivity index (χ3n) is 10.6. The van der Waals surface area contributed by atoms with Crippen LogP contribution in [0.5, 0.6) is 0 Å². The molecule has 2 aliphatic rings. The molecule has 0 fully saturated rings. The Bertz CT molecular complexity index is 2430. The molecule has 2 heteroatoms. The van der Waals surface area contributed by atoms with E-state index in [1.54, 1.807) is 0 Å². The summed E-state index contributed by atoms with van der Waals surface area (Å²) in [4.78, 5) is 4.76. The van der Waals surface area contributed by atoms with Gasteiger partial charge in [-0.2, -0.15) is 0 Å². The number of hydrogen-bond donors (Lipinski definition) is 0. The molecule has 1 aliphatic carbocycles. The van der Waals surface area contributed by atoms with Crippen molar-refractivity contribution in [3.8, 4) is 22.3 Å². The van der Waals surface area contributed by atoms with E-state index in [2.05, 4.69) is 216 Å². The molecule has 0 atom stereocenters. The van der Waals surface area contributed by atoms with Gasteiger partial charge in [0, 0.05) is 22.7 Å². The molecule has 1 aliphatic heterocycles. The molecule has 0 N–H and O–H groups in total. The molecule has 10 rings (SSSR count). The predicted octanol–water partition coefficient (Wildman–Crippen LogP) is 13.0. The molecule has 2 nitrogen and oxygen atoms in total. The van der Waals surface area contributed by atoms with E-state index in [0.29, 0.717) is 0 Å². The third kappa shape index (κ3) is 4.36. The van der Waals surface area contributed by atoms with Crippen LogP contribution in [0.1, 0.15) is 22.3 Å². The van der Waals surface area contributed by atoms with Crippen molar-refractivity contribution in [2.75, 3.05) is 9.80 Å². The Morgan fingerprint density at radius 1 is 0.333 bits per heavy atom. The Morgan fingerprint density at radius 3 is 1.39 bits per heavy atom. The normalized spacial score (nSPS) is 13.2. The van der Waals surface area contributed by atoms with Gasteiger partial charge in [-0.15, -0.1) is 0 Å². The molecule has 0 aromatic heterocycles. The molecule has 51 heavy (non-hydrogen) atoms. The summed E-state index contributed by atoms with van der Waals surface area (Å²) in [5.41, 5.74) is 16.7. The molecular weight excluding hydrogens is 617 g/mol. The zero-order valence-electron chi connectivity index (χ0n) is 28.0. The molecule has 8 aromatic rings. The summed E-state index contributed by atoms with van der Waals surface area (Å²) in [6, 6.07) is 75.1. The summed E-state index contributed by atoms with van der Waals surface area (Å²) < 4.78 is 0. The van der Waals surface area contributed by atoms with Crippen molar-refractivity contribution in [1.29, 1.82) is 0 Å². The number of fused-ring (bicyclic) bond motifs is 9. The molecule has 0 amide bonds. The van der Waals surface area contributed by atoms with Gasteiger partial charge < -0.3 is 9.80 Å². The average molecular weight is 651 g/mol. The topological polar surface area (TPSA) is 6.48 Å². The minimum absolute atomic E-state index is 0.514. The Hall–Kier alpha value is -6.64. The van der Waals surface area contributed by atoms with Gasteiger partial charge in [0.1, 0.15) is 0 Å². The Morgan fingerprint density at radius 2 is 0.784 bits per heavy atom. The van der Waals surface area contributed by atoms with Crippen molar-refractivity contribution < 1.29 is 0 Å². The minimum Gasteiger partial charge on any atom is -0.311 e. The Kier molecular flexibility index (Phi) is 6.75. The van der Waals surface area contributed by atoms with E-state index in [9.17, 15) is 0 Å². The van der Waals surface area contributed by atoms with Crippen molar-refractivity contribution in [2.45, 2.75) is 5.41 Å². The molecule has 0 radical (unpaired) electrons. The van der Waals surface area contributed by atoms with Gasteiger partial charge in [0.05, 0.1) is 16.8 Å². The van der Waals surface area contributed by atoms with E-state index in [-0.39, 0.29) is 0 Å².